The summed E-state index contributed by atoms with van der Waals surface area (Å²) in [6.45, 7) is 1.68. The maximum Gasteiger partial charge on any atom is 0.272 e. The summed E-state index contributed by atoms with van der Waals surface area (Å²) < 4.78 is 1.20. The number of nitrogens with one attached hydrogen (secondary N) is 2. The molecule has 0 radical (unpaired) electrons. The predicted octanol–water partition coefficient (Wildman–Crippen LogP) is 2.89. The number of benzene rings is 1. The van der Waals surface area contributed by atoms with Crippen LogP contribution in [0.2, 0.25) is 10.0 Å². The van der Waals surface area contributed by atoms with E-state index in [1.54, 1.807) is 25.1 Å². The Labute approximate surface area is 134 Å². The summed E-state index contributed by atoms with van der Waals surface area (Å²) in [7, 11) is 0. The molecule has 8 heteroatoms. The number of aromatic amines is 1. The summed E-state index contributed by atoms with van der Waals surface area (Å²) in [5.41, 5.74) is 1.10. The van der Waals surface area contributed by atoms with Crippen molar-refractivity contribution in [1.82, 2.24) is 14.6 Å². The minimum Gasteiger partial charge on any atom is -0.320 e. The van der Waals surface area contributed by atoms with E-state index in [0.29, 0.717) is 21.4 Å². The van der Waals surface area contributed by atoms with E-state index in [1.165, 1.54) is 16.8 Å². The van der Waals surface area contributed by atoms with Crippen molar-refractivity contribution in [2.75, 3.05) is 5.32 Å². The Morgan fingerprint density at radius 3 is 2.86 bits per heavy atom. The third kappa shape index (κ3) is 2.58. The first kappa shape index (κ1) is 14.6. The van der Waals surface area contributed by atoms with E-state index >= 15 is 0 Å². The summed E-state index contributed by atoms with van der Waals surface area (Å²) in [6.07, 6.45) is 1.41. The van der Waals surface area contributed by atoms with Crippen LogP contribution in [-0.2, 0) is 0 Å². The number of amides is 1. The molecule has 3 aromatic rings. The molecule has 0 saturated carbocycles. The predicted molar refractivity (Wildman–Crippen MR) is 85.0 cm³/mol. The van der Waals surface area contributed by atoms with E-state index in [2.05, 4.69) is 15.4 Å². The summed E-state index contributed by atoms with van der Waals surface area (Å²) in [5, 5.41) is 6.16. The van der Waals surface area contributed by atoms with Crippen LogP contribution < -0.4 is 10.9 Å². The quantitative estimate of drug-likeness (QED) is 0.755. The van der Waals surface area contributed by atoms with Gasteiger partial charge >= 0.3 is 0 Å². The van der Waals surface area contributed by atoms with Gasteiger partial charge in [-0.2, -0.15) is 0 Å². The van der Waals surface area contributed by atoms with Gasteiger partial charge in [-0.3, -0.25) is 14.7 Å². The molecule has 2 N–H and O–H groups in total. The minimum atomic E-state index is -0.444. The van der Waals surface area contributed by atoms with E-state index in [4.69, 9.17) is 23.2 Å². The second kappa shape index (κ2) is 5.47. The monoisotopic (exact) mass is 336 g/mol. The number of aromatic nitrogens is 3. The molecule has 22 heavy (non-hydrogen) atoms. The van der Waals surface area contributed by atoms with Gasteiger partial charge in [0, 0.05) is 23.0 Å². The van der Waals surface area contributed by atoms with Crippen molar-refractivity contribution in [3.63, 3.8) is 0 Å². The number of hydrogen-bond donors (Lipinski definition) is 2. The first-order chi connectivity index (χ1) is 10.5. The van der Waals surface area contributed by atoms with Crippen molar-refractivity contribution < 1.29 is 4.79 Å². The van der Waals surface area contributed by atoms with Crippen LogP contribution in [0.3, 0.4) is 0 Å². The van der Waals surface area contributed by atoms with E-state index in [0.717, 1.165) is 0 Å². The van der Waals surface area contributed by atoms with E-state index < -0.39 is 5.91 Å². The molecular weight excluding hydrogens is 327 g/mol. The number of nitrogens with zero attached hydrogens (tertiary/aromatic N) is 2. The molecule has 2 aromatic heterocycles. The number of H-pyrrole nitrogens is 1. The van der Waals surface area contributed by atoms with Crippen LogP contribution in [0.4, 0.5) is 5.69 Å². The van der Waals surface area contributed by atoms with Gasteiger partial charge in [-0.05, 0) is 25.1 Å². The molecule has 0 saturated heterocycles. The molecule has 0 spiro atoms. The molecule has 2 heterocycles. The molecule has 0 bridgehead atoms. The van der Waals surface area contributed by atoms with Gasteiger partial charge in [0.1, 0.15) is 5.56 Å². The zero-order valence-corrected chi connectivity index (χ0v) is 12.9. The van der Waals surface area contributed by atoms with Gasteiger partial charge in [-0.15, -0.1) is 0 Å². The molecule has 0 atom stereocenters. The van der Waals surface area contributed by atoms with Crippen LogP contribution in [0.5, 0.6) is 0 Å². The van der Waals surface area contributed by atoms with Crippen molar-refractivity contribution in [2.24, 2.45) is 0 Å². The van der Waals surface area contributed by atoms with Gasteiger partial charge in [0.05, 0.1) is 10.7 Å². The van der Waals surface area contributed by atoms with Crippen molar-refractivity contribution in [1.29, 1.82) is 0 Å². The molecule has 1 amide bonds. The number of hydrogen-bond acceptors (Lipinski definition) is 3. The molecule has 0 aliphatic heterocycles. The van der Waals surface area contributed by atoms with Crippen LogP contribution in [0, 0.1) is 6.92 Å². The number of anilines is 1. The molecule has 6 nitrogen and oxygen atoms in total. The number of aryl methyl sites for hydroxylation is 1. The summed E-state index contributed by atoms with van der Waals surface area (Å²) in [5.74, 6) is -0.444. The molecule has 112 valence electrons. The topological polar surface area (TPSA) is 79.3 Å². The maximum absolute atomic E-state index is 12.4. The molecule has 3 rings (SSSR count). The van der Waals surface area contributed by atoms with Crippen molar-refractivity contribution in [3.05, 3.63) is 62.1 Å². The third-order valence-corrected chi connectivity index (χ3v) is 3.61. The average Bonchev–Trinajstić information content (AvgIpc) is 2.87. The average molecular weight is 337 g/mol. The number of carbonyl (C=O) groups excluding carboxylic acids is 1. The van der Waals surface area contributed by atoms with E-state index in [-0.39, 0.29) is 16.8 Å². The lowest BCUT2D eigenvalue weighted by Gasteiger charge is -2.06. The van der Waals surface area contributed by atoms with Crippen LogP contribution >= 0.6 is 23.2 Å². The fourth-order valence-corrected chi connectivity index (χ4v) is 2.38. The Bertz CT molecular complexity index is 946. The summed E-state index contributed by atoms with van der Waals surface area (Å²) in [6, 6.07) is 6.12. The van der Waals surface area contributed by atoms with Crippen molar-refractivity contribution in [3.8, 4) is 0 Å². The number of carbonyl (C=O) groups is 1. The molecule has 1 aromatic carbocycles. The highest BCUT2D eigenvalue weighted by molar-refractivity contribution is 6.36. The Morgan fingerprint density at radius 2 is 2.09 bits per heavy atom. The number of rotatable bonds is 2. The highest BCUT2D eigenvalue weighted by Crippen LogP contribution is 2.26. The lowest BCUT2D eigenvalue weighted by atomic mass is 10.2. The summed E-state index contributed by atoms with van der Waals surface area (Å²) in [4.78, 5) is 28.4. The van der Waals surface area contributed by atoms with Crippen LogP contribution in [0.15, 0.2) is 35.3 Å². The highest BCUT2D eigenvalue weighted by Gasteiger charge is 2.16. The fourth-order valence-electron chi connectivity index (χ4n) is 2.05. The Kier molecular flexibility index (Phi) is 3.64. The largest absolute Gasteiger partial charge is 0.320 e. The number of halogens is 2. The minimum absolute atomic E-state index is 0.233. The highest BCUT2D eigenvalue weighted by atomic mass is 35.5. The third-order valence-electron chi connectivity index (χ3n) is 3.05. The molecule has 0 fully saturated rings. The Balaban J connectivity index is 2.03. The smallest absolute Gasteiger partial charge is 0.272 e. The van der Waals surface area contributed by atoms with Crippen LogP contribution in [0.1, 0.15) is 16.1 Å². The second-order valence-corrected chi connectivity index (χ2v) is 5.50. The van der Waals surface area contributed by atoms with Gasteiger partial charge in [-0.25, -0.2) is 9.50 Å². The van der Waals surface area contributed by atoms with Gasteiger partial charge in [0.15, 0.2) is 5.65 Å². The second-order valence-electron chi connectivity index (χ2n) is 4.66. The zero-order chi connectivity index (χ0) is 15.9. The fraction of sp³-hybridized carbons (Fsp3) is 0.0714. The van der Waals surface area contributed by atoms with Gasteiger partial charge in [0.2, 0.25) is 0 Å². The molecule has 0 aliphatic carbocycles. The standard InChI is InChI=1S/C14H10Cl2N4O2/c1-7-4-12(21)20-13(18-7)9(6-17-20)14(22)19-11-5-8(15)2-3-10(11)16/h2-6,17H,1H3,(H,19,22). The molecular formula is C14H10Cl2N4O2. The molecule has 0 unspecified atom stereocenters. The molecule has 0 aliphatic rings. The normalized spacial score (nSPS) is 10.9. The first-order valence-corrected chi connectivity index (χ1v) is 7.05. The van der Waals surface area contributed by atoms with E-state index in [9.17, 15) is 9.59 Å². The zero-order valence-electron chi connectivity index (χ0n) is 11.4. The van der Waals surface area contributed by atoms with Gasteiger partial charge in [-0.1, -0.05) is 23.2 Å². The maximum atomic E-state index is 12.4. The van der Waals surface area contributed by atoms with Crippen molar-refractivity contribution in [2.45, 2.75) is 6.92 Å². The lowest BCUT2D eigenvalue weighted by molar-refractivity contribution is 0.102. The van der Waals surface area contributed by atoms with E-state index in [1.807, 2.05) is 0 Å². The van der Waals surface area contributed by atoms with Crippen LogP contribution in [-0.4, -0.2) is 20.5 Å². The first-order valence-electron chi connectivity index (χ1n) is 6.30. The lowest BCUT2D eigenvalue weighted by Crippen LogP contribution is -2.17. The number of fused-ring (bicyclic) bond motifs is 1. The van der Waals surface area contributed by atoms with Gasteiger partial charge < -0.3 is 5.32 Å². The Morgan fingerprint density at radius 1 is 1.32 bits per heavy atom. The van der Waals surface area contributed by atoms with Gasteiger partial charge in [0.25, 0.3) is 11.5 Å². The van der Waals surface area contributed by atoms with Crippen LogP contribution in [0.25, 0.3) is 5.65 Å². The SMILES string of the molecule is Cc1cc(=O)n2[nH]cc(C(=O)Nc3cc(Cl)ccc3Cl)c2n1. The van der Waals surface area contributed by atoms with Crippen molar-refractivity contribution >= 4 is 40.4 Å². The summed E-state index contributed by atoms with van der Waals surface area (Å²) >= 11 is 11.9. The Hall–Kier alpha value is -2.31.